The van der Waals surface area contributed by atoms with Gasteiger partial charge in [0.15, 0.2) is 6.61 Å². The zero-order valence-corrected chi connectivity index (χ0v) is 19.7. The number of likely N-dealkylation sites (tertiary alicyclic amines) is 1. The van der Waals surface area contributed by atoms with Crippen LogP contribution in [0.3, 0.4) is 0 Å². The molecule has 2 aromatic carbocycles. The summed E-state index contributed by atoms with van der Waals surface area (Å²) in [6.07, 6.45) is 1.85. The second-order valence-corrected chi connectivity index (χ2v) is 8.42. The Hall–Kier alpha value is -3.35. The standard InChI is InChI=1S/C26H32N2O5/c1-5-6-13-28-24(30)15-22(25(28)19-8-11-21(32-4)12-9-19)26(31)33-16-23(29)27-20-10-7-17(2)18(3)14-20/h7-12,14,22,25H,5-6,13,15-16H2,1-4H3,(H,27,29)/t22-,25+/m0/s1. The Kier molecular flexibility index (Phi) is 8.09. The number of unbranched alkanes of at least 4 members (excludes halogenated alkanes) is 1. The molecule has 0 radical (unpaired) electrons. The Balaban J connectivity index is 1.69. The van der Waals surface area contributed by atoms with Crippen LogP contribution in [0, 0.1) is 19.8 Å². The number of carbonyl (C=O) groups excluding carboxylic acids is 3. The van der Waals surface area contributed by atoms with Crippen molar-refractivity contribution in [3.8, 4) is 5.75 Å². The van der Waals surface area contributed by atoms with Gasteiger partial charge in [-0.15, -0.1) is 0 Å². The lowest BCUT2D eigenvalue weighted by Crippen LogP contribution is -2.32. The molecule has 1 heterocycles. The molecule has 0 aliphatic carbocycles. The molecule has 0 unspecified atom stereocenters. The summed E-state index contributed by atoms with van der Waals surface area (Å²) in [5.74, 6) is -1.01. The van der Waals surface area contributed by atoms with E-state index >= 15 is 0 Å². The number of hydrogen-bond acceptors (Lipinski definition) is 5. The monoisotopic (exact) mass is 452 g/mol. The third-order valence-electron chi connectivity index (χ3n) is 6.08. The molecule has 2 amide bonds. The lowest BCUT2D eigenvalue weighted by Gasteiger charge is -2.28. The Labute approximate surface area is 195 Å². The fourth-order valence-corrected chi connectivity index (χ4v) is 4.07. The third kappa shape index (κ3) is 5.92. The van der Waals surface area contributed by atoms with E-state index in [4.69, 9.17) is 9.47 Å². The molecule has 7 nitrogen and oxygen atoms in total. The molecule has 1 N–H and O–H groups in total. The molecule has 1 saturated heterocycles. The van der Waals surface area contributed by atoms with Gasteiger partial charge in [-0.25, -0.2) is 0 Å². The van der Waals surface area contributed by atoms with Gasteiger partial charge in [0.25, 0.3) is 5.91 Å². The summed E-state index contributed by atoms with van der Waals surface area (Å²) in [6.45, 7) is 6.19. The van der Waals surface area contributed by atoms with Crippen molar-refractivity contribution in [3.05, 3.63) is 59.2 Å². The highest BCUT2D eigenvalue weighted by Crippen LogP contribution is 2.39. The molecule has 2 aromatic rings. The average molecular weight is 453 g/mol. The van der Waals surface area contributed by atoms with Crippen LogP contribution in [0.1, 0.15) is 48.9 Å². The van der Waals surface area contributed by atoms with Gasteiger partial charge in [-0.1, -0.05) is 31.5 Å². The summed E-state index contributed by atoms with van der Waals surface area (Å²) in [6, 6.07) is 12.5. The van der Waals surface area contributed by atoms with Crippen LogP contribution in [0.25, 0.3) is 0 Å². The lowest BCUT2D eigenvalue weighted by molar-refractivity contribution is -0.152. The predicted octanol–water partition coefficient (Wildman–Crippen LogP) is 4.18. The van der Waals surface area contributed by atoms with Crippen molar-refractivity contribution in [1.29, 1.82) is 0 Å². The molecule has 33 heavy (non-hydrogen) atoms. The molecular formula is C26H32N2O5. The highest BCUT2D eigenvalue weighted by Gasteiger charge is 2.45. The van der Waals surface area contributed by atoms with Crippen molar-refractivity contribution in [3.63, 3.8) is 0 Å². The molecule has 0 aromatic heterocycles. The number of esters is 1. The molecule has 1 aliphatic heterocycles. The molecule has 0 spiro atoms. The number of anilines is 1. The number of carbonyl (C=O) groups is 3. The van der Waals surface area contributed by atoms with Gasteiger partial charge < -0.3 is 19.7 Å². The maximum atomic E-state index is 13.0. The Morgan fingerprint density at radius 1 is 1.09 bits per heavy atom. The highest BCUT2D eigenvalue weighted by atomic mass is 16.5. The summed E-state index contributed by atoms with van der Waals surface area (Å²) in [7, 11) is 1.59. The zero-order valence-electron chi connectivity index (χ0n) is 19.7. The van der Waals surface area contributed by atoms with Crippen molar-refractivity contribution in [2.45, 2.75) is 46.1 Å². The van der Waals surface area contributed by atoms with Crippen LogP contribution >= 0.6 is 0 Å². The van der Waals surface area contributed by atoms with Gasteiger partial charge in [0.2, 0.25) is 5.91 Å². The largest absolute Gasteiger partial charge is 0.497 e. The Morgan fingerprint density at radius 2 is 1.82 bits per heavy atom. The molecule has 0 saturated carbocycles. The van der Waals surface area contributed by atoms with E-state index in [1.165, 1.54) is 0 Å². The first kappa shape index (κ1) is 24.3. The normalized spacial score (nSPS) is 17.7. The molecule has 1 fully saturated rings. The summed E-state index contributed by atoms with van der Waals surface area (Å²) >= 11 is 0. The highest BCUT2D eigenvalue weighted by molar-refractivity contribution is 5.94. The van der Waals surface area contributed by atoms with E-state index in [9.17, 15) is 14.4 Å². The molecule has 3 rings (SSSR count). The second-order valence-electron chi connectivity index (χ2n) is 8.42. The first-order chi connectivity index (χ1) is 15.8. The zero-order chi connectivity index (χ0) is 24.0. The second kappa shape index (κ2) is 11.0. The smallest absolute Gasteiger partial charge is 0.312 e. The van der Waals surface area contributed by atoms with Crippen LogP contribution < -0.4 is 10.1 Å². The summed E-state index contributed by atoms with van der Waals surface area (Å²) < 4.78 is 10.6. The third-order valence-corrected chi connectivity index (χ3v) is 6.08. The van der Waals surface area contributed by atoms with E-state index in [0.29, 0.717) is 18.0 Å². The van der Waals surface area contributed by atoms with Crippen LogP contribution in [0.5, 0.6) is 5.75 Å². The van der Waals surface area contributed by atoms with Crippen molar-refractivity contribution in [2.75, 3.05) is 25.6 Å². The fourth-order valence-electron chi connectivity index (χ4n) is 4.07. The number of benzene rings is 2. The molecule has 0 bridgehead atoms. The van der Waals surface area contributed by atoms with Gasteiger partial charge >= 0.3 is 5.97 Å². The molecule has 176 valence electrons. The van der Waals surface area contributed by atoms with Gasteiger partial charge in [0.1, 0.15) is 5.75 Å². The average Bonchev–Trinajstić information content (AvgIpc) is 3.14. The number of hydrogen-bond donors (Lipinski definition) is 1. The van der Waals surface area contributed by atoms with Crippen molar-refractivity contribution in [2.24, 2.45) is 5.92 Å². The minimum atomic E-state index is -0.669. The van der Waals surface area contributed by atoms with Crippen molar-refractivity contribution >= 4 is 23.5 Å². The van der Waals surface area contributed by atoms with E-state index < -0.39 is 30.4 Å². The number of nitrogens with zero attached hydrogens (tertiary/aromatic N) is 1. The van der Waals surface area contributed by atoms with Gasteiger partial charge in [-0.2, -0.15) is 0 Å². The van der Waals surface area contributed by atoms with Crippen molar-refractivity contribution < 1.29 is 23.9 Å². The van der Waals surface area contributed by atoms with Crippen LogP contribution in [-0.4, -0.2) is 42.9 Å². The summed E-state index contributed by atoms with van der Waals surface area (Å²) in [5, 5.41) is 2.75. The van der Waals surface area contributed by atoms with Gasteiger partial charge in [-0.05, 0) is 61.2 Å². The first-order valence-electron chi connectivity index (χ1n) is 11.3. The van der Waals surface area contributed by atoms with Crippen LogP contribution in [0.2, 0.25) is 0 Å². The SMILES string of the molecule is CCCCN1C(=O)C[C@H](C(=O)OCC(=O)Nc2ccc(C)c(C)c2)[C@H]1c1ccc(OC)cc1. The summed E-state index contributed by atoms with van der Waals surface area (Å²) in [4.78, 5) is 39.8. The van der Waals surface area contributed by atoms with E-state index in [-0.39, 0.29) is 12.3 Å². The van der Waals surface area contributed by atoms with E-state index in [0.717, 1.165) is 29.5 Å². The molecular weight excluding hydrogens is 420 g/mol. The molecule has 1 aliphatic rings. The topological polar surface area (TPSA) is 84.9 Å². The predicted molar refractivity (Wildman–Crippen MR) is 126 cm³/mol. The molecule has 2 atom stereocenters. The Morgan fingerprint density at radius 3 is 2.45 bits per heavy atom. The van der Waals surface area contributed by atoms with Crippen molar-refractivity contribution in [1.82, 2.24) is 4.90 Å². The van der Waals surface area contributed by atoms with E-state index in [1.807, 2.05) is 56.3 Å². The van der Waals surface area contributed by atoms with E-state index in [1.54, 1.807) is 12.0 Å². The van der Waals surface area contributed by atoms with E-state index in [2.05, 4.69) is 12.2 Å². The summed E-state index contributed by atoms with van der Waals surface area (Å²) in [5.41, 5.74) is 3.68. The van der Waals surface area contributed by atoms with Crippen LogP contribution in [0.15, 0.2) is 42.5 Å². The quantitative estimate of drug-likeness (QED) is 0.577. The number of methoxy groups -OCH3 is 1. The maximum Gasteiger partial charge on any atom is 0.312 e. The van der Waals surface area contributed by atoms with Gasteiger partial charge in [0, 0.05) is 18.7 Å². The number of amides is 2. The Bertz CT molecular complexity index is 1000. The fraction of sp³-hybridized carbons (Fsp3) is 0.423. The lowest BCUT2D eigenvalue weighted by atomic mass is 9.93. The van der Waals surface area contributed by atoms with Crippen LogP contribution in [-0.2, 0) is 19.1 Å². The number of nitrogens with one attached hydrogen (secondary N) is 1. The maximum absolute atomic E-state index is 13.0. The first-order valence-corrected chi connectivity index (χ1v) is 11.3. The number of aryl methyl sites for hydroxylation is 2. The van der Waals surface area contributed by atoms with Gasteiger partial charge in [0.05, 0.1) is 19.1 Å². The number of ether oxygens (including phenoxy) is 2. The minimum Gasteiger partial charge on any atom is -0.497 e. The van der Waals surface area contributed by atoms with Crippen LogP contribution in [0.4, 0.5) is 5.69 Å². The number of rotatable bonds is 9. The van der Waals surface area contributed by atoms with Gasteiger partial charge in [-0.3, -0.25) is 14.4 Å². The minimum absolute atomic E-state index is 0.0675. The molecule has 7 heteroatoms.